The molecule has 2 saturated carbocycles. The smallest absolute Gasteiger partial charge is 0.272 e. The summed E-state index contributed by atoms with van der Waals surface area (Å²) in [5.41, 5.74) is 1.33. The van der Waals surface area contributed by atoms with Crippen molar-refractivity contribution in [2.24, 2.45) is 11.8 Å². The fourth-order valence-corrected chi connectivity index (χ4v) is 4.06. The van der Waals surface area contributed by atoms with E-state index in [2.05, 4.69) is 10.4 Å². The van der Waals surface area contributed by atoms with E-state index in [1.54, 1.807) is 6.26 Å². The summed E-state index contributed by atoms with van der Waals surface area (Å²) in [5, 5.41) is 7.62. The molecule has 0 aliphatic heterocycles. The standard InChI is InChI=1S/C17H21N3O2/c1-2-20-15(16-4-3-7-22-16)10-14(19-20)17(21)18-13-9-11-5-6-12(13)8-11/h3-4,7,10-13H,2,5-6,8-9H2,1H3,(H,18,21)/t11-,12-,13-/m0/s1. The third-order valence-corrected chi connectivity index (χ3v) is 5.14. The predicted molar refractivity (Wildman–Crippen MR) is 82.3 cm³/mol. The molecule has 1 N–H and O–H groups in total. The molecular formula is C17H21N3O2. The highest BCUT2D eigenvalue weighted by atomic mass is 16.3. The van der Waals surface area contributed by atoms with Crippen LogP contribution in [0.3, 0.4) is 0 Å². The van der Waals surface area contributed by atoms with Crippen LogP contribution in [0.4, 0.5) is 0 Å². The maximum absolute atomic E-state index is 12.5. The van der Waals surface area contributed by atoms with Gasteiger partial charge in [0.1, 0.15) is 5.69 Å². The third-order valence-electron chi connectivity index (χ3n) is 5.14. The molecule has 0 unspecified atom stereocenters. The summed E-state index contributed by atoms with van der Waals surface area (Å²) in [6.07, 6.45) is 6.65. The van der Waals surface area contributed by atoms with Gasteiger partial charge < -0.3 is 9.73 Å². The average Bonchev–Trinajstić information content (AvgIpc) is 3.28. The first-order chi connectivity index (χ1) is 10.7. The van der Waals surface area contributed by atoms with Crippen LogP contribution < -0.4 is 5.32 Å². The van der Waals surface area contributed by atoms with E-state index >= 15 is 0 Å². The minimum Gasteiger partial charge on any atom is -0.463 e. The molecule has 4 rings (SSSR count). The minimum absolute atomic E-state index is 0.0578. The van der Waals surface area contributed by atoms with Crippen LogP contribution in [0.5, 0.6) is 0 Å². The fraction of sp³-hybridized carbons (Fsp3) is 0.529. The molecule has 2 heterocycles. The van der Waals surface area contributed by atoms with Gasteiger partial charge in [-0.15, -0.1) is 0 Å². The van der Waals surface area contributed by atoms with Crippen molar-refractivity contribution in [3.05, 3.63) is 30.2 Å². The van der Waals surface area contributed by atoms with E-state index in [1.165, 1.54) is 19.3 Å². The van der Waals surface area contributed by atoms with Gasteiger partial charge in [-0.2, -0.15) is 5.10 Å². The van der Waals surface area contributed by atoms with Crippen molar-refractivity contribution in [2.45, 2.75) is 45.2 Å². The Morgan fingerprint density at radius 2 is 2.36 bits per heavy atom. The Kier molecular flexibility index (Phi) is 3.28. The molecule has 22 heavy (non-hydrogen) atoms. The predicted octanol–water partition coefficient (Wildman–Crippen LogP) is 3.08. The van der Waals surface area contributed by atoms with Crippen molar-refractivity contribution in [1.29, 1.82) is 0 Å². The van der Waals surface area contributed by atoms with Gasteiger partial charge in [0.2, 0.25) is 0 Å². The molecule has 5 nitrogen and oxygen atoms in total. The second kappa shape index (κ2) is 5.30. The van der Waals surface area contributed by atoms with Crippen molar-refractivity contribution >= 4 is 5.91 Å². The van der Waals surface area contributed by atoms with Crippen molar-refractivity contribution in [2.75, 3.05) is 0 Å². The van der Waals surface area contributed by atoms with Crippen LogP contribution in [-0.4, -0.2) is 21.7 Å². The largest absolute Gasteiger partial charge is 0.463 e. The molecule has 116 valence electrons. The number of hydrogen-bond acceptors (Lipinski definition) is 3. The van der Waals surface area contributed by atoms with Crippen LogP contribution >= 0.6 is 0 Å². The number of fused-ring (bicyclic) bond motifs is 2. The molecular weight excluding hydrogens is 278 g/mol. The zero-order chi connectivity index (χ0) is 15.1. The summed E-state index contributed by atoms with van der Waals surface area (Å²) in [6.45, 7) is 2.72. The van der Waals surface area contributed by atoms with Crippen LogP contribution in [0.1, 0.15) is 43.1 Å². The zero-order valence-corrected chi connectivity index (χ0v) is 12.8. The molecule has 2 aliphatic rings. The molecule has 3 atom stereocenters. The Balaban J connectivity index is 1.53. The highest BCUT2D eigenvalue weighted by molar-refractivity contribution is 5.93. The van der Waals surface area contributed by atoms with Crippen molar-refractivity contribution < 1.29 is 9.21 Å². The average molecular weight is 299 g/mol. The summed E-state index contributed by atoms with van der Waals surface area (Å²) in [6, 6.07) is 5.90. The first-order valence-electron chi connectivity index (χ1n) is 8.17. The number of nitrogens with one attached hydrogen (secondary N) is 1. The lowest BCUT2D eigenvalue weighted by Crippen LogP contribution is -2.38. The molecule has 5 heteroatoms. The quantitative estimate of drug-likeness (QED) is 0.943. The zero-order valence-electron chi connectivity index (χ0n) is 12.8. The summed E-state index contributed by atoms with van der Waals surface area (Å²) in [5.74, 6) is 2.18. The summed E-state index contributed by atoms with van der Waals surface area (Å²) < 4.78 is 7.25. The summed E-state index contributed by atoms with van der Waals surface area (Å²) >= 11 is 0. The first-order valence-corrected chi connectivity index (χ1v) is 8.17. The molecule has 1 amide bonds. The van der Waals surface area contributed by atoms with Crippen LogP contribution in [0.15, 0.2) is 28.9 Å². The number of amides is 1. The molecule has 2 aromatic rings. The summed E-state index contributed by atoms with van der Waals surface area (Å²) in [4.78, 5) is 12.5. The molecule has 2 bridgehead atoms. The van der Waals surface area contributed by atoms with Crippen LogP contribution in [-0.2, 0) is 6.54 Å². The van der Waals surface area contributed by atoms with E-state index in [4.69, 9.17) is 4.42 Å². The van der Waals surface area contributed by atoms with Crippen molar-refractivity contribution in [3.8, 4) is 11.5 Å². The van der Waals surface area contributed by atoms with E-state index in [1.807, 2.05) is 29.8 Å². The Labute approximate surface area is 129 Å². The van der Waals surface area contributed by atoms with Gasteiger partial charge in [0.05, 0.1) is 6.26 Å². The lowest BCUT2D eigenvalue weighted by atomic mass is 9.95. The number of carbonyl (C=O) groups is 1. The molecule has 0 saturated heterocycles. The van der Waals surface area contributed by atoms with E-state index in [9.17, 15) is 4.79 Å². The maximum Gasteiger partial charge on any atom is 0.272 e. The minimum atomic E-state index is -0.0578. The van der Waals surface area contributed by atoms with Gasteiger partial charge in [-0.1, -0.05) is 6.42 Å². The summed E-state index contributed by atoms with van der Waals surface area (Å²) in [7, 11) is 0. The van der Waals surface area contributed by atoms with Gasteiger partial charge in [0.15, 0.2) is 11.5 Å². The Hall–Kier alpha value is -2.04. The second-order valence-corrected chi connectivity index (χ2v) is 6.46. The van der Waals surface area contributed by atoms with Crippen LogP contribution in [0, 0.1) is 11.8 Å². The van der Waals surface area contributed by atoms with Gasteiger partial charge in [-0.3, -0.25) is 9.48 Å². The number of aryl methyl sites for hydroxylation is 1. The topological polar surface area (TPSA) is 60.1 Å². The number of furan rings is 1. The number of aromatic nitrogens is 2. The first kappa shape index (κ1) is 13.6. The SMILES string of the molecule is CCn1nc(C(=O)N[C@H]2C[C@H]3CC[C@H]2C3)cc1-c1ccco1. The number of carbonyl (C=O) groups excluding carboxylic acids is 1. The Morgan fingerprint density at radius 1 is 1.45 bits per heavy atom. The monoisotopic (exact) mass is 299 g/mol. The molecule has 0 radical (unpaired) electrons. The van der Waals surface area contributed by atoms with E-state index in [0.29, 0.717) is 24.2 Å². The van der Waals surface area contributed by atoms with Gasteiger partial charge in [-0.05, 0) is 50.2 Å². The number of nitrogens with zero attached hydrogens (tertiary/aromatic N) is 2. The second-order valence-electron chi connectivity index (χ2n) is 6.46. The van der Waals surface area contributed by atoms with E-state index < -0.39 is 0 Å². The fourth-order valence-electron chi connectivity index (χ4n) is 4.06. The molecule has 2 fully saturated rings. The number of hydrogen-bond donors (Lipinski definition) is 1. The highest BCUT2D eigenvalue weighted by Gasteiger charge is 2.40. The molecule has 0 spiro atoms. The van der Waals surface area contributed by atoms with E-state index in [-0.39, 0.29) is 5.91 Å². The van der Waals surface area contributed by atoms with Gasteiger partial charge in [-0.25, -0.2) is 0 Å². The molecule has 0 aromatic carbocycles. The maximum atomic E-state index is 12.5. The Bertz CT molecular complexity index is 674. The van der Waals surface area contributed by atoms with Crippen LogP contribution in [0.2, 0.25) is 0 Å². The number of rotatable bonds is 4. The van der Waals surface area contributed by atoms with Gasteiger partial charge in [0.25, 0.3) is 5.91 Å². The molecule has 2 aliphatic carbocycles. The van der Waals surface area contributed by atoms with Crippen molar-refractivity contribution in [3.63, 3.8) is 0 Å². The van der Waals surface area contributed by atoms with Gasteiger partial charge >= 0.3 is 0 Å². The van der Waals surface area contributed by atoms with E-state index in [0.717, 1.165) is 23.8 Å². The normalized spacial score (nSPS) is 26.5. The lowest BCUT2D eigenvalue weighted by Gasteiger charge is -2.22. The third kappa shape index (κ3) is 2.25. The molecule has 2 aromatic heterocycles. The van der Waals surface area contributed by atoms with Gasteiger partial charge in [0, 0.05) is 18.7 Å². The lowest BCUT2D eigenvalue weighted by molar-refractivity contribution is 0.0917. The Morgan fingerprint density at radius 3 is 3.00 bits per heavy atom. The van der Waals surface area contributed by atoms with Crippen LogP contribution in [0.25, 0.3) is 11.5 Å². The highest BCUT2D eigenvalue weighted by Crippen LogP contribution is 2.44. The van der Waals surface area contributed by atoms with Crippen molar-refractivity contribution in [1.82, 2.24) is 15.1 Å².